The summed E-state index contributed by atoms with van der Waals surface area (Å²) in [6, 6.07) is 18.5. The van der Waals surface area contributed by atoms with Gasteiger partial charge in [0.05, 0.1) is 24.9 Å². The van der Waals surface area contributed by atoms with Crippen LogP contribution in [0.25, 0.3) is 22.5 Å². The van der Waals surface area contributed by atoms with Crippen molar-refractivity contribution in [1.29, 1.82) is 0 Å². The fraction of sp³-hybridized carbons (Fsp3) is 0.100. The first-order chi connectivity index (χ1) is 12.7. The van der Waals surface area contributed by atoms with Crippen molar-refractivity contribution in [1.82, 2.24) is 5.16 Å². The highest BCUT2D eigenvalue weighted by molar-refractivity contribution is 5.93. The minimum atomic E-state index is -0.209. The number of nitrogens with zero attached hydrogens (tertiary/aromatic N) is 1. The average Bonchev–Trinajstić information content (AvgIpc) is 3.28. The van der Waals surface area contributed by atoms with Crippen LogP contribution in [0.3, 0.4) is 0 Å². The first-order valence-electron chi connectivity index (χ1n) is 8.10. The number of hydrogen-bond donors (Lipinski definition) is 1. The van der Waals surface area contributed by atoms with E-state index in [2.05, 4.69) is 10.5 Å². The molecule has 26 heavy (non-hydrogen) atoms. The van der Waals surface area contributed by atoms with Crippen molar-refractivity contribution < 1.29 is 18.5 Å². The molecule has 0 aliphatic rings. The molecule has 0 spiro atoms. The Hall–Kier alpha value is -3.54. The lowest BCUT2D eigenvalue weighted by Crippen LogP contribution is -2.15. The van der Waals surface area contributed by atoms with E-state index >= 15 is 0 Å². The molecule has 2 aromatic heterocycles. The number of carbonyl (C=O) groups is 1. The van der Waals surface area contributed by atoms with Gasteiger partial charge in [-0.3, -0.25) is 4.79 Å². The van der Waals surface area contributed by atoms with Crippen LogP contribution in [0.4, 0.5) is 5.69 Å². The minimum absolute atomic E-state index is 0.0851. The van der Waals surface area contributed by atoms with Crippen molar-refractivity contribution in [3.8, 4) is 17.3 Å². The van der Waals surface area contributed by atoms with Gasteiger partial charge in [0.2, 0.25) is 11.7 Å². The van der Waals surface area contributed by atoms with Crippen LogP contribution in [0, 0.1) is 0 Å². The highest BCUT2D eigenvalue weighted by atomic mass is 16.5. The number of nitrogens with one attached hydrogen (secondary N) is 1. The Kier molecular flexibility index (Phi) is 4.15. The Morgan fingerprint density at radius 3 is 2.73 bits per heavy atom. The smallest absolute Gasteiger partial charge is 0.230 e. The summed E-state index contributed by atoms with van der Waals surface area (Å²) < 4.78 is 16.3. The first kappa shape index (κ1) is 16.0. The monoisotopic (exact) mass is 348 g/mol. The van der Waals surface area contributed by atoms with Crippen molar-refractivity contribution >= 4 is 22.6 Å². The molecule has 6 heteroatoms. The predicted molar refractivity (Wildman–Crippen MR) is 97.0 cm³/mol. The second-order valence-electron chi connectivity index (χ2n) is 5.76. The van der Waals surface area contributed by atoms with Gasteiger partial charge in [0.15, 0.2) is 5.76 Å². The summed E-state index contributed by atoms with van der Waals surface area (Å²) in [6.45, 7) is 0. The average molecular weight is 348 g/mol. The van der Waals surface area contributed by atoms with E-state index in [4.69, 9.17) is 13.7 Å². The zero-order chi connectivity index (χ0) is 17.9. The molecule has 0 aliphatic heterocycles. The molecule has 2 heterocycles. The molecule has 0 fully saturated rings. The summed E-state index contributed by atoms with van der Waals surface area (Å²) in [7, 11) is 1.56. The van der Waals surface area contributed by atoms with Crippen molar-refractivity contribution in [3.63, 3.8) is 0 Å². The predicted octanol–water partition coefficient (Wildman–Crippen LogP) is 4.28. The van der Waals surface area contributed by atoms with Crippen LogP contribution in [0.15, 0.2) is 69.6 Å². The summed E-state index contributed by atoms with van der Waals surface area (Å²) >= 11 is 0. The summed E-state index contributed by atoms with van der Waals surface area (Å²) in [6.07, 6.45) is 0.0851. The summed E-state index contributed by atoms with van der Waals surface area (Å²) in [5, 5.41) is 7.75. The van der Waals surface area contributed by atoms with E-state index in [9.17, 15) is 4.79 Å². The number of ether oxygens (including phenoxy) is 1. The highest BCUT2D eigenvalue weighted by Gasteiger charge is 2.15. The molecule has 2 aromatic carbocycles. The number of fused-ring (bicyclic) bond motifs is 1. The van der Waals surface area contributed by atoms with Gasteiger partial charge in [-0.25, -0.2) is 0 Å². The maximum Gasteiger partial charge on any atom is 0.230 e. The molecule has 0 unspecified atom stereocenters. The number of carbonyl (C=O) groups excluding carboxylic acids is 1. The lowest BCUT2D eigenvalue weighted by atomic mass is 10.2. The molecular formula is C20H16N2O4. The highest BCUT2D eigenvalue weighted by Crippen LogP contribution is 2.28. The Morgan fingerprint density at radius 2 is 1.88 bits per heavy atom. The third-order valence-corrected chi connectivity index (χ3v) is 3.95. The van der Waals surface area contributed by atoms with E-state index in [0.717, 1.165) is 11.0 Å². The summed E-state index contributed by atoms with van der Waals surface area (Å²) in [4.78, 5) is 12.3. The lowest BCUT2D eigenvalue weighted by Gasteiger charge is -2.08. The molecule has 0 aliphatic carbocycles. The van der Waals surface area contributed by atoms with Gasteiger partial charge in [-0.05, 0) is 24.3 Å². The zero-order valence-electron chi connectivity index (χ0n) is 14.1. The van der Waals surface area contributed by atoms with Gasteiger partial charge in [0, 0.05) is 11.5 Å². The zero-order valence-corrected chi connectivity index (χ0v) is 14.1. The van der Waals surface area contributed by atoms with Gasteiger partial charge in [-0.15, -0.1) is 0 Å². The van der Waals surface area contributed by atoms with Crippen molar-refractivity contribution in [2.24, 2.45) is 0 Å². The molecule has 0 radical (unpaired) electrons. The number of para-hydroxylation sites is 3. The molecule has 0 atom stereocenters. The Balaban J connectivity index is 1.48. The number of furan rings is 1. The molecule has 1 amide bonds. The van der Waals surface area contributed by atoms with E-state index in [0.29, 0.717) is 28.7 Å². The van der Waals surface area contributed by atoms with Gasteiger partial charge >= 0.3 is 0 Å². The van der Waals surface area contributed by atoms with Gasteiger partial charge in [0.25, 0.3) is 0 Å². The third kappa shape index (κ3) is 3.17. The molecule has 0 bridgehead atoms. The van der Waals surface area contributed by atoms with Crippen molar-refractivity contribution in [2.45, 2.75) is 6.42 Å². The standard InChI is InChI=1S/C20H16N2O4/c1-24-17-9-5-3-7-15(17)21-20(23)12-14-11-19(26-22-14)18-10-13-6-2-4-8-16(13)25-18/h2-11H,12H2,1H3,(H,21,23). The topological polar surface area (TPSA) is 77.5 Å². The van der Waals surface area contributed by atoms with Crippen molar-refractivity contribution in [2.75, 3.05) is 12.4 Å². The van der Waals surface area contributed by atoms with Gasteiger partial charge in [0.1, 0.15) is 11.3 Å². The van der Waals surface area contributed by atoms with Crippen LogP contribution in [0.1, 0.15) is 5.69 Å². The number of rotatable bonds is 5. The molecule has 6 nitrogen and oxygen atoms in total. The normalized spacial score (nSPS) is 10.8. The number of hydrogen-bond acceptors (Lipinski definition) is 5. The van der Waals surface area contributed by atoms with Gasteiger partial charge < -0.3 is 19.0 Å². The fourth-order valence-corrected chi connectivity index (χ4v) is 2.72. The van der Waals surface area contributed by atoms with Crippen LogP contribution in [-0.4, -0.2) is 18.2 Å². The van der Waals surface area contributed by atoms with Crippen LogP contribution in [-0.2, 0) is 11.2 Å². The largest absolute Gasteiger partial charge is 0.495 e. The van der Waals surface area contributed by atoms with E-state index in [1.807, 2.05) is 42.5 Å². The van der Waals surface area contributed by atoms with Crippen LogP contribution in [0.5, 0.6) is 5.75 Å². The maximum absolute atomic E-state index is 12.3. The number of benzene rings is 2. The van der Waals surface area contributed by atoms with Gasteiger partial charge in [-0.1, -0.05) is 35.5 Å². The third-order valence-electron chi connectivity index (χ3n) is 3.95. The number of methoxy groups -OCH3 is 1. The number of anilines is 1. The van der Waals surface area contributed by atoms with Gasteiger partial charge in [-0.2, -0.15) is 0 Å². The molecule has 130 valence electrons. The second-order valence-corrected chi connectivity index (χ2v) is 5.76. The van der Waals surface area contributed by atoms with E-state index in [1.54, 1.807) is 25.3 Å². The quantitative estimate of drug-likeness (QED) is 0.582. The Labute approximate surface area is 149 Å². The van der Waals surface area contributed by atoms with Crippen LogP contribution >= 0.6 is 0 Å². The van der Waals surface area contributed by atoms with E-state index in [-0.39, 0.29) is 12.3 Å². The maximum atomic E-state index is 12.3. The molecule has 0 saturated carbocycles. The van der Waals surface area contributed by atoms with E-state index < -0.39 is 0 Å². The summed E-state index contributed by atoms with van der Waals surface area (Å²) in [5.41, 5.74) is 1.91. The van der Waals surface area contributed by atoms with Crippen LogP contribution in [0.2, 0.25) is 0 Å². The molecule has 1 N–H and O–H groups in total. The fourth-order valence-electron chi connectivity index (χ4n) is 2.72. The Bertz CT molecular complexity index is 1030. The SMILES string of the molecule is COc1ccccc1NC(=O)Cc1cc(-c2cc3ccccc3o2)on1. The first-order valence-corrected chi connectivity index (χ1v) is 8.10. The Morgan fingerprint density at radius 1 is 1.08 bits per heavy atom. The molecule has 4 aromatic rings. The van der Waals surface area contributed by atoms with Crippen molar-refractivity contribution in [3.05, 3.63) is 66.4 Å². The minimum Gasteiger partial charge on any atom is -0.495 e. The van der Waals surface area contributed by atoms with E-state index in [1.165, 1.54) is 0 Å². The molecular weight excluding hydrogens is 332 g/mol. The number of aromatic nitrogens is 1. The molecule has 4 rings (SSSR count). The van der Waals surface area contributed by atoms with Crippen LogP contribution < -0.4 is 10.1 Å². The lowest BCUT2D eigenvalue weighted by molar-refractivity contribution is -0.115. The second kappa shape index (κ2) is 6.76. The molecule has 0 saturated heterocycles. The number of amides is 1. The summed E-state index contributed by atoms with van der Waals surface area (Å²) in [5.74, 6) is 1.46.